The van der Waals surface area contributed by atoms with Gasteiger partial charge in [-0.15, -0.1) is 5.10 Å². The molecular formula is C16H22N4O. The number of piperidine rings is 1. The summed E-state index contributed by atoms with van der Waals surface area (Å²) in [6, 6.07) is 6.01. The molecule has 1 aliphatic heterocycles. The number of hydrogen-bond donors (Lipinski definition) is 0. The Bertz CT molecular complexity index is 629. The van der Waals surface area contributed by atoms with Gasteiger partial charge < -0.3 is 9.64 Å². The van der Waals surface area contributed by atoms with Crippen LogP contribution in [0.3, 0.4) is 0 Å². The first-order valence-corrected chi connectivity index (χ1v) is 7.50. The Labute approximate surface area is 125 Å². The summed E-state index contributed by atoms with van der Waals surface area (Å²) < 4.78 is 7.15. The van der Waals surface area contributed by atoms with E-state index in [4.69, 9.17) is 9.72 Å². The molecule has 1 aliphatic rings. The second-order valence-corrected chi connectivity index (χ2v) is 5.59. The van der Waals surface area contributed by atoms with Gasteiger partial charge in [0.15, 0.2) is 5.82 Å². The van der Waals surface area contributed by atoms with Crippen LogP contribution >= 0.6 is 0 Å². The van der Waals surface area contributed by atoms with E-state index in [1.54, 1.807) is 7.11 Å². The van der Waals surface area contributed by atoms with Crippen molar-refractivity contribution in [2.24, 2.45) is 7.05 Å². The van der Waals surface area contributed by atoms with Crippen LogP contribution in [0.4, 0.5) is 5.95 Å². The van der Waals surface area contributed by atoms with Gasteiger partial charge >= 0.3 is 0 Å². The second kappa shape index (κ2) is 5.76. The number of nitrogens with zero attached hydrogens (tertiary/aromatic N) is 4. The number of aromatic nitrogens is 3. The van der Waals surface area contributed by atoms with Crippen molar-refractivity contribution in [2.45, 2.75) is 26.2 Å². The Balaban J connectivity index is 1.93. The lowest BCUT2D eigenvalue weighted by Crippen LogP contribution is -2.31. The Hall–Kier alpha value is -2.04. The van der Waals surface area contributed by atoms with Crippen molar-refractivity contribution in [2.75, 3.05) is 25.1 Å². The van der Waals surface area contributed by atoms with Crippen molar-refractivity contribution < 1.29 is 4.74 Å². The zero-order valence-electron chi connectivity index (χ0n) is 13.0. The fourth-order valence-corrected chi connectivity index (χ4v) is 2.87. The smallest absolute Gasteiger partial charge is 0.224 e. The first-order valence-electron chi connectivity index (χ1n) is 7.50. The van der Waals surface area contributed by atoms with Gasteiger partial charge in [0.25, 0.3) is 0 Å². The topological polar surface area (TPSA) is 43.2 Å². The highest BCUT2D eigenvalue weighted by Gasteiger charge is 2.18. The molecule has 5 heteroatoms. The van der Waals surface area contributed by atoms with Crippen molar-refractivity contribution >= 4 is 5.95 Å². The van der Waals surface area contributed by atoms with E-state index >= 15 is 0 Å². The average molecular weight is 286 g/mol. The number of hydrogen-bond acceptors (Lipinski definition) is 4. The highest BCUT2D eigenvalue weighted by molar-refractivity contribution is 5.62. The van der Waals surface area contributed by atoms with Crippen LogP contribution in [0.25, 0.3) is 11.4 Å². The van der Waals surface area contributed by atoms with Crippen LogP contribution in [0.2, 0.25) is 0 Å². The van der Waals surface area contributed by atoms with Gasteiger partial charge in [0.1, 0.15) is 5.75 Å². The van der Waals surface area contributed by atoms with Crippen LogP contribution in [0.15, 0.2) is 18.2 Å². The first-order chi connectivity index (χ1) is 10.2. The minimum Gasteiger partial charge on any atom is -0.497 e. The lowest BCUT2D eigenvalue weighted by Gasteiger charge is -2.26. The lowest BCUT2D eigenvalue weighted by atomic mass is 10.1. The highest BCUT2D eigenvalue weighted by Crippen LogP contribution is 2.27. The molecule has 2 aromatic rings. The van der Waals surface area contributed by atoms with Crippen LogP contribution in [-0.4, -0.2) is 35.0 Å². The van der Waals surface area contributed by atoms with E-state index < -0.39 is 0 Å². The van der Waals surface area contributed by atoms with E-state index in [2.05, 4.69) is 16.9 Å². The zero-order valence-corrected chi connectivity index (χ0v) is 13.0. The molecule has 21 heavy (non-hydrogen) atoms. The molecule has 0 atom stereocenters. The predicted molar refractivity (Wildman–Crippen MR) is 83.8 cm³/mol. The highest BCUT2D eigenvalue weighted by atomic mass is 16.5. The van der Waals surface area contributed by atoms with Gasteiger partial charge in [-0.05, 0) is 49.9 Å². The van der Waals surface area contributed by atoms with E-state index in [9.17, 15) is 0 Å². The monoisotopic (exact) mass is 286 g/mol. The van der Waals surface area contributed by atoms with Crippen molar-refractivity contribution in [1.82, 2.24) is 14.8 Å². The Morgan fingerprint density at radius 1 is 1.14 bits per heavy atom. The fourth-order valence-electron chi connectivity index (χ4n) is 2.87. The Morgan fingerprint density at radius 2 is 1.90 bits per heavy atom. The van der Waals surface area contributed by atoms with E-state index in [-0.39, 0.29) is 0 Å². The maximum atomic E-state index is 5.26. The molecule has 0 bridgehead atoms. The fraction of sp³-hybridized carbons (Fsp3) is 0.500. The Morgan fingerprint density at radius 3 is 2.57 bits per heavy atom. The summed E-state index contributed by atoms with van der Waals surface area (Å²) in [4.78, 5) is 7.09. The van der Waals surface area contributed by atoms with Gasteiger partial charge in [0.2, 0.25) is 5.95 Å². The predicted octanol–water partition coefficient (Wildman–Crippen LogP) is 2.79. The zero-order chi connectivity index (χ0) is 14.8. The largest absolute Gasteiger partial charge is 0.497 e. The van der Waals surface area contributed by atoms with Crippen molar-refractivity contribution in [3.63, 3.8) is 0 Å². The summed E-state index contributed by atoms with van der Waals surface area (Å²) in [7, 11) is 3.65. The number of rotatable bonds is 3. The van der Waals surface area contributed by atoms with Crippen LogP contribution in [0.5, 0.6) is 5.75 Å². The molecule has 5 nitrogen and oxygen atoms in total. The number of anilines is 1. The summed E-state index contributed by atoms with van der Waals surface area (Å²) >= 11 is 0. The molecule has 0 radical (unpaired) electrons. The van der Waals surface area contributed by atoms with Crippen LogP contribution in [-0.2, 0) is 7.05 Å². The molecule has 1 saturated heterocycles. The van der Waals surface area contributed by atoms with E-state index in [1.165, 1.54) is 19.3 Å². The molecule has 0 spiro atoms. The van der Waals surface area contributed by atoms with Gasteiger partial charge in [0.05, 0.1) is 7.11 Å². The third kappa shape index (κ3) is 2.73. The van der Waals surface area contributed by atoms with Gasteiger partial charge in [-0.3, -0.25) is 0 Å². The number of ether oxygens (including phenoxy) is 1. The molecule has 112 valence electrons. The molecular weight excluding hydrogens is 264 g/mol. The first kappa shape index (κ1) is 13.9. The van der Waals surface area contributed by atoms with Gasteiger partial charge in [-0.1, -0.05) is 0 Å². The summed E-state index contributed by atoms with van der Waals surface area (Å²) in [6.45, 7) is 4.22. The third-order valence-corrected chi connectivity index (χ3v) is 4.05. The SMILES string of the molecule is COc1ccc(-c2nc(N3CCCCC3)n(C)n2)c(C)c1. The molecule has 0 aliphatic carbocycles. The molecule has 0 unspecified atom stereocenters. The molecule has 0 N–H and O–H groups in total. The van der Waals surface area contributed by atoms with Crippen molar-refractivity contribution in [3.05, 3.63) is 23.8 Å². The number of methoxy groups -OCH3 is 1. The van der Waals surface area contributed by atoms with Crippen LogP contribution < -0.4 is 9.64 Å². The molecule has 0 saturated carbocycles. The van der Waals surface area contributed by atoms with E-state index in [0.717, 1.165) is 41.7 Å². The normalized spacial score (nSPS) is 15.3. The van der Waals surface area contributed by atoms with Crippen LogP contribution in [0, 0.1) is 6.92 Å². The average Bonchev–Trinajstić information content (AvgIpc) is 2.89. The summed E-state index contributed by atoms with van der Waals surface area (Å²) in [5.41, 5.74) is 2.19. The maximum absolute atomic E-state index is 5.26. The molecule has 0 amide bonds. The van der Waals surface area contributed by atoms with Gasteiger partial charge in [-0.25, -0.2) is 4.68 Å². The second-order valence-electron chi connectivity index (χ2n) is 5.59. The quantitative estimate of drug-likeness (QED) is 0.870. The molecule has 2 heterocycles. The van der Waals surface area contributed by atoms with Crippen LogP contribution in [0.1, 0.15) is 24.8 Å². The number of aryl methyl sites for hydroxylation is 2. The van der Waals surface area contributed by atoms with Crippen molar-refractivity contribution in [3.8, 4) is 17.1 Å². The van der Waals surface area contributed by atoms with Crippen molar-refractivity contribution in [1.29, 1.82) is 0 Å². The standard InChI is InChI=1S/C16H22N4O/c1-12-11-13(21-3)7-8-14(12)15-17-16(19(2)18-15)20-9-5-4-6-10-20/h7-8,11H,4-6,9-10H2,1-3H3. The Kier molecular flexibility index (Phi) is 3.82. The lowest BCUT2D eigenvalue weighted by molar-refractivity contribution is 0.414. The van der Waals surface area contributed by atoms with Gasteiger partial charge in [0, 0.05) is 25.7 Å². The summed E-state index contributed by atoms with van der Waals surface area (Å²) in [5, 5.41) is 4.60. The third-order valence-electron chi connectivity index (χ3n) is 4.05. The molecule has 1 fully saturated rings. The van der Waals surface area contributed by atoms with Gasteiger partial charge in [-0.2, -0.15) is 4.98 Å². The molecule has 1 aromatic carbocycles. The maximum Gasteiger partial charge on any atom is 0.224 e. The summed E-state index contributed by atoms with van der Waals surface area (Å²) in [6.07, 6.45) is 3.80. The minimum absolute atomic E-state index is 0.790. The minimum atomic E-state index is 0.790. The van der Waals surface area contributed by atoms with E-state index in [1.807, 2.05) is 29.9 Å². The molecule has 1 aromatic heterocycles. The summed E-state index contributed by atoms with van der Waals surface area (Å²) in [5.74, 6) is 2.63. The molecule has 3 rings (SSSR count). The van der Waals surface area contributed by atoms with E-state index in [0.29, 0.717) is 0 Å². The number of benzene rings is 1.